The van der Waals surface area contributed by atoms with E-state index in [4.69, 9.17) is 21.1 Å². The molecular weight excluding hydrogens is 368 g/mol. The van der Waals surface area contributed by atoms with Gasteiger partial charge in [-0.05, 0) is 22.1 Å². The highest BCUT2D eigenvalue weighted by Gasteiger charge is 2.32. The molecule has 0 aliphatic carbocycles. The molecule has 0 saturated heterocycles. The van der Waals surface area contributed by atoms with Crippen molar-refractivity contribution >= 4 is 11.6 Å². The van der Waals surface area contributed by atoms with Crippen molar-refractivity contribution in [3.05, 3.63) is 107 Å². The molecule has 0 spiro atoms. The Morgan fingerprint density at radius 3 is 1.57 bits per heavy atom. The van der Waals surface area contributed by atoms with Gasteiger partial charge in [0, 0.05) is 5.56 Å². The van der Waals surface area contributed by atoms with E-state index in [-0.39, 0.29) is 5.41 Å². The van der Waals surface area contributed by atoms with Crippen molar-refractivity contribution in [1.82, 2.24) is 0 Å². The van der Waals surface area contributed by atoms with Gasteiger partial charge < -0.3 is 9.47 Å². The van der Waals surface area contributed by atoms with Crippen LogP contribution in [0.5, 0.6) is 0 Å². The van der Waals surface area contributed by atoms with Crippen LogP contribution in [0.2, 0.25) is 0 Å². The zero-order valence-electron chi connectivity index (χ0n) is 16.7. The monoisotopic (exact) mass is 394 g/mol. The Morgan fingerprint density at radius 1 is 0.607 bits per heavy atom. The van der Waals surface area contributed by atoms with Crippen LogP contribution in [0.1, 0.15) is 43.0 Å². The van der Waals surface area contributed by atoms with Crippen molar-refractivity contribution in [2.24, 2.45) is 0 Å². The van der Waals surface area contributed by atoms with Crippen LogP contribution in [0.3, 0.4) is 0 Å². The minimum absolute atomic E-state index is 0.123. The molecule has 28 heavy (non-hydrogen) atoms. The van der Waals surface area contributed by atoms with Crippen LogP contribution in [-0.4, -0.2) is 0 Å². The number of hydrogen-bond acceptors (Lipinski definition) is 2. The summed E-state index contributed by atoms with van der Waals surface area (Å²) in [5, 5.41) is -1.35. The smallest absolute Gasteiger partial charge is 0.277 e. The summed E-state index contributed by atoms with van der Waals surface area (Å²) in [6.07, 6.45) is 0. The lowest BCUT2D eigenvalue weighted by atomic mass is 9.87. The molecule has 0 aliphatic rings. The molecule has 3 aromatic carbocycles. The normalized spacial score (nSPS) is 13.9. The Balaban J connectivity index is 1.74. The number of ether oxygens (including phenoxy) is 2. The summed E-state index contributed by atoms with van der Waals surface area (Å²) in [5.41, 5.74) is 4.29. The summed E-state index contributed by atoms with van der Waals surface area (Å²) < 4.78 is 12.1. The molecular formula is C25H27ClO2. The van der Waals surface area contributed by atoms with Gasteiger partial charge in [-0.3, -0.25) is 0 Å². The highest BCUT2D eigenvalue weighted by Crippen LogP contribution is 2.34. The SMILES string of the molecule is CC(C)(C)c1ccc(COC(Cl)(OCc2ccccc2)c2ccccc2)cc1. The van der Waals surface area contributed by atoms with Gasteiger partial charge in [0.15, 0.2) is 0 Å². The Morgan fingerprint density at radius 2 is 1.07 bits per heavy atom. The predicted octanol–water partition coefficient (Wildman–Crippen LogP) is 6.77. The molecule has 0 N–H and O–H groups in total. The van der Waals surface area contributed by atoms with Gasteiger partial charge in [0.1, 0.15) is 0 Å². The third-order valence-electron chi connectivity index (χ3n) is 4.63. The van der Waals surface area contributed by atoms with E-state index in [0.29, 0.717) is 13.2 Å². The van der Waals surface area contributed by atoms with Crippen molar-refractivity contribution in [2.75, 3.05) is 0 Å². The summed E-state index contributed by atoms with van der Waals surface area (Å²) in [4.78, 5) is 0. The van der Waals surface area contributed by atoms with Crippen molar-refractivity contribution in [3.63, 3.8) is 0 Å². The molecule has 1 unspecified atom stereocenters. The van der Waals surface area contributed by atoms with Crippen LogP contribution in [0, 0.1) is 0 Å². The first-order valence-electron chi connectivity index (χ1n) is 9.52. The van der Waals surface area contributed by atoms with Crippen molar-refractivity contribution in [3.8, 4) is 0 Å². The van der Waals surface area contributed by atoms with Crippen LogP contribution in [0.15, 0.2) is 84.9 Å². The van der Waals surface area contributed by atoms with E-state index in [0.717, 1.165) is 16.7 Å². The Bertz CT molecular complexity index is 855. The lowest BCUT2D eigenvalue weighted by Gasteiger charge is -2.28. The molecule has 3 rings (SSSR count). The second-order valence-corrected chi connectivity index (χ2v) is 8.41. The topological polar surface area (TPSA) is 18.5 Å². The summed E-state index contributed by atoms with van der Waals surface area (Å²) in [6, 6.07) is 28.0. The van der Waals surface area contributed by atoms with Crippen LogP contribution in [0.25, 0.3) is 0 Å². The molecule has 0 aliphatic heterocycles. The molecule has 3 heteroatoms. The minimum atomic E-state index is -1.35. The molecule has 0 fully saturated rings. The summed E-state index contributed by atoms with van der Waals surface area (Å²) >= 11 is 6.82. The largest absolute Gasteiger partial charge is 0.329 e. The number of hydrogen-bond donors (Lipinski definition) is 0. The third kappa shape index (κ3) is 5.45. The fraction of sp³-hybridized carbons (Fsp3) is 0.280. The van der Waals surface area contributed by atoms with E-state index >= 15 is 0 Å². The molecule has 0 aromatic heterocycles. The zero-order valence-corrected chi connectivity index (χ0v) is 17.4. The van der Waals surface area contributed by atoms with Crippen LogP contribution >= 0.6 is 11.6 Å². The highest BCUT2D eigenvalue weighted by molar-refractivity contribution is 6.22. The number of rotatable bonds is 7. The van der Waals surface area contributed by atoms with Gasteiger partial charge in [-0.1, -0.05) is 117 Å². The van der Waals surface area contributed by atoms with Gasteiger partial charge in [0.2, 0.25) is 0 Å². The lowest BCUT2D eigenvalue weighted by molar-refractivity contribution is -0.199. The number of benzene rings is 3. The second-order valence-electron chi connectivity index (χ2n) is 7.91. The van der Waals surface area contributed by atoms with Crippen LogP contribution < -0.4 is 0 Å². The predicted molar refractivity (Wildman–Crippen MR) is 115 cm³/mol. The molecule has 0 bridgehead atoms. The van der Waals surface area contributed by atoms with Crippen molar-refractivity contribution in [1.29, 1.82) is 0 Å². The third-order valence-corrected chi connectivity index (χ3v) is 5.07. The van der Waals surface area contributed by atoms with Crippen molar-refractivity contribution < 1.29 is 9.47 Å². The zero-order chi connectivity index (χ0) is 20.0. The quantitative estimate of drug-likeness (QED) is 0.325. The molecule has 3 aromatic rings. The maximum absolute atomic E-state index is 6.82. The molecule has 0 radical (unpaired) electrons. The van der Waals surface area contributed by atoms with Gasteiger partial charge >= 0.3 is 0 Å². The Labute approximate surface area is 173 Å². The Hall–Kier alpha value is -2.13. The first kappa shape index (κ1) is 20.6. The van der Waals surface area contributed by atoms with Gasteiger partial charge in [0.25, 0.3) is 5.25 Å². The average molecular weight is 395 g/mol. The summed E-state index contributed by atoms with van der Waals surface area (Å²) in [5.74, 6) is 0. The molecule has 1 atom stereocenters. The van der Waals surface area contributed by atoms with Gasteiger partial charge in [-0.25, -0.2) is 0 Å². The van der Waals surface area contributed by atoms with Crippen molar-refractivity contribution in [2.45, 2.75) is 44.6 Å². The van der Waals surface area contributed by atoms with E-state index in [1.807, 2.05) is 60.7 Å². The maximum atomic E-state index is 6.82. The minimum Gasteiger partial charge on any atom is -0.329 e. The average Bonchev–Trinajstić information content (AvgIpc) is 2.72. The number of halogens is 1. The van der Waals surface area contributed by atoms with E-state index in [9.17, 15) is 0 Å². The standard InChI is InChI=1S/C25H27ClO2/c1-24(2,3)22-16-14-21(15-17-22)19-28-25(26,23-12-8-5-9-13-23)27-18-20-10-6-4-7-11-20/h4-17H,18-19H2,1-3H3. The van der Waals surface area contributed by atoms with Crippen LogP contribution in [-0.2, 0) is 33.3 Å². The lowest BCUT2D eigenvalue weighted by Crippen LogP contribution is -2.26. The van der Waals surface area contributed by atoms with E-state index < -0.39 is 5.25 Å². The summed E-state index contributed by atoms with van der Waals surface area (Å²) in [6.45, 7) is 7.33. The fourth-order valence-electron chi connectivity index (χ4n) is 2.87. The maximum Gasteiger partial charge on any atom is 0.277 e. The van der Waals surface area contributed by atoms with Gasteiger partial charge in [0.05, 0.1) is 13.2 Å². The second kappa shape index (κ2) is 8.91. The van der Waals surface area contributed by atoms with Gasteiger partial charge in [-0.15, -0.1) is 0 Å². The molecule has 0 saturated carbocycles. The Kier molecular flexibility index (Phi) is 6.56. The highest BCUT2D eigenvalue weighted by atomic mass is 35.5. The molecule has 0 heterocycles. The molecule has 2 nitrogen and oxygen atoms in total. The molecule has 146 valence electrons. The first-order chi connectivity index (χ1) is 13.4. The molecule has 0 amide bonds. The van der Waals surface area contributed by atoms with E-state index in [1.54, 1.807) is 0 Å². The summed E-state index contributed by atoms with van der Waals surface area (Å²) in [7, 11) is 0. The number of alkyl halides is 1. The van der Waals surface area contributed by atoms with Gasteiger partial charge in [-0.2, -0.15) is 0 Å². The fourth-order valence-corrected chi connectivity index (χ4v) is 3.11. The first-order valence-corrected chi connectivity index (χ1v) is 9.90. The van der Waals surface area contributed by atoms with E-state index in [2.05, 4.69) is 45.0 Å². The van der Waals surface area contributed by atoms with Crippen LogP contribution in [0.4, 0.5) is 0 Å². The van der Waals surface area contributed by atoms with E-state index in [1.165, 1.54) is 5.56 Å².